The molecule has 0 atom stereocenters. The van der Waals surface area contributed by atoms with Gasteiger partial charge in [-0.3, -0.25) is 9.78 Å². The summed E-state index contributed by atoms with van der Waals surface area (Å²) in [6.45, 7) is 2.47. The monoisotopic (exact) mass is 373 g/mol. The Balaban J connectivity index is 1.65. The Kier molecular flexibility index (Phi) is 4.69. The minimum atomic E-state index is -0.00878. The third-order valence-electron chi connectivity index (χ3n) is 4.50. The highest BCUT2D eigenvalue weighted by Gasteiger charge is 2.21. The van der Waals surface area contributed by atoms with E-state index in [1.807, 2.05) is 68.7 Å². The quantitative estimate of drug-likeness (QED) is 0.509. The second kappa shape index (κ2) is 7.29. The van der Waals surface area contributed by atoms with Gasteiger partial charge in [-0.1, -0.05) is 48.5 Å². The topological polar surface area (TPSA) is 46.1 Å². The van der Waals surface area contributed by atoms with E-state index in [9.17, 15) is 4.79 Å². The molecular weight excluding hydrogens is 354 g/mol. The first-order chi connectivity index (χ1) is 13.1. The lowest BCUT2D eigenvalue weighted by Gasteiger charge is -2.18. The molecule has 0 aliphatic heterocycles. The molecule has 0 fully saturated rings. The molecule has 4 rings (SSSR count). The zero-order valence-corrected chi connectivity index (χ0v) is 16.0. The van der Waals surface area contributed by atoms with Gasteiger partial charge in [0.05, 0.1) is 10.7 Å². The van der Waals surface area contributed by atoms with Crippen LogP contribution in [0, 0.1) is 6.92 Å². The zero-order valence-electron chi connectivity index (χ0n) is 15.2. The van der Waals surface area contributed by atoms with Crippen LogP contribution in [0.5, 0.6) is 0 Å². The molecule has 0 N–H and O–H groups in total. The highest BCUT2D eigenvalue weighted by atomic mass is 32.1. The first-order valence-corrected chi connectivity index (χ1v) is 9.55. The van der Waals surface area contributed by atoms with E-state index in [2.05, 4.69) is 16.0 Å². The first kappa shape index (κ1) is 17.4. The molecule has 0 saturated heterocycles. The molecule has 0 aliphatic carbocycles. The van der Waals surface area contributed by atoms with Crippen molar-refractivity contribution in [3.05, 3.63) is 82.4 Å². The molecular formula is C22H19N3OS. The van der Waals surface area contributed by atoms with E-state index < -0.39 is 0 Å². The lowest BCUT2D eigenvalue weighted by Crippen LogP contribution is -2.26. The second-order valence-electron chi connectivity index (χ2n) is 6.45. The molecule has 0 unspecified atom stereocenters. The molecule has 2 aromatic heterocycles. The Morgan fingerprint density at radius 1 is 1.07 bits per heavy atom. The van der Waals surface area contributed by atoms with Crippen LogP contribution in [0.2, 0.25) is 0 Å². The van der Waals surface area contributed by atoms with Crippen LogP contribution in [0.1, 0.15) is 20.2 Å². The maximum atomic E-state index is 13.2. The van der Waals surface area contributed by atoms with Gasteiger partial charge in [0, 0.05) is 36.9 Å². The summed E-state index contributed by atoms with van der Waals surface area (Å²) in [6.07, 6.45) is 3.63. The van der Waals surface area contributed by atoms with E-state index in [1.54, 1.807) is 11.1 Å². The fraction of sp³-hybridized carbons (Fsp3) is 0.136. The number of carbonyl (C=O) groups is 1. The van der Waals surface area contributed by atoms with Crippen molar-refractivity contribution < 1.29 is 4.79 Å². The third kappa shape index (κ3) is 3.46. The van der Waals surface area contributed by atoms with Gasteiger partial charge in [0.1, 0.15) is 4.88 Å². The molecule has 0 aliphatic rings. The van der Waals surface area contributed by atoms with Crippen molar-refractivity contribution in [2.24, 2.45) is 0 Å². The molecule has 0 spiro atoms. The maximum Gasteiger partial charge on any atom is 0.266 e. The number of aromatic nitrogens is 2. The maximum absolute atomic E-state index is 13.2. The van der Waals surface area contributed by atoms with Crippen LogP contribution in [0.15, 0.2) is 67.0 Å². The molecule has 0 saturated carbocycles. The summed E-state index contributed by atoms with van der Waals surface area (Å²) in [5.41, 5.74) is 2.83. The zero-order chi connectivity index (χ0) is 18.8. The van der Waals surface area contributed by atoms with Gasteiger partial charge in [-0.25, -0.2) is 4.98 Å². The normalized spacial score (nSPS) is 10.9. The van der Waals surface area contributed by atoms with E-state index in [0.29, 0.717) is 11.4 Å². The van der Waals surface area contributed by atoms with Gasteiger partial charge in [-0.15, -0.1) is 11.3 Å². The van der Waals surface area contributed by atoms with Crippen molar-refractivity contribution in [3.63, 3.8) is 0 Å². The number of fused-ring (bicyclic) bond motifs is 1. The van der Waals surface area contributed by atoms with E-state index >= 15 is 0 Å². The summed E-state index contributed by atoms with van der Waals surface area (Å²) in [5.74, 6) is -0.00878. The van der Waals surface area contributed by atoms with Gasteiger partial charge in [-0.2, -0.15) is 0 Å². The van der Waals surface area contributed by atoms with Gasteiger partial charge in [0.15, 0.2) is 0 Å². The van der Waals surface area contributed by atoms with Crippen LogP contribution in [-0.4, -0.2) is 27.8 Å². The Bertz CT molecular complexity index is 1100. The highest BCUT2D eigenvalue weighted by molar-refractivity contribution is 7.14. The molecule has 4 aromatic rings. The van der Waals surface area contributed by atoms with Crippen molar-refractivity contribution in [2.75, 3.05) is 7.05 Å². The predicted molar refractivity (Wildman–Crippen MR) is 110 cm³/mol. The van der Waals surface area contributed by atoms with E-state index in [1.165, 1.54) is 11.3 Å². The van der Waals surface area contributed by atoms with Gasteiger partial charge in [-0.05, 0) is 23.9 Å². The lowest BCUT2D eigenvalue weighted by atomic mass is 10.1. The summed E-state index contributed by atoms with van der Waals surface area (Å²) in [5, 5.41) is 3.09. The number of pyridine rings is 1. The average Bonchev–Trinajstić information content (AvgIpc) is 3.10. The molecule has 0 bridgehead atoms. The van der Waals surface area contributed by atoms with Crippen LogP contribution in [0.25, 0.3) is 22.0 Å². The second-order valence-corrected chi connectivity index (χ2v) is 7.65. The van der Waals surface area contributed by atoms with Crippen LogP contribution in [-0.2, 0) is 6.54 Å². The number of amides is 1. The number of thiazole rings is 1. The smallest absolute Gasteiger partial charge is 0.266 e. The molecule has 4 nitrogen and oxygen atoms in total. The van der Waals surface area contributed by atoms with Crippen molar-refractivity contribution >= 4 is 28.0 Å². The highest BCUT2D eigenvalue weighted by Crippen LogP contribution is 2.29. The van der Waals surface area contributed by atoms with Crippen molar-refractivity contribution in [1.82, 2.24) is 14.9 Å². The molecule has 134 valence electrons. The van der Waals surface area contributed by atoms with Crippen LogP contribution < -0.4 is 0 Å². The Morgan fingerprint density at radius 3 is 2.70 bits per heavy atom. The van der Waals surface area contributed by atoms with E-state index in [-0.39, 0.29) is 5.91 Å². The summed E-state index contributed by atoms with van der Waals surface area (Å²) in [6, 6.07) is 18.0. The lowest BCUT2D eigenvalue weighted by molar-refractivity contribution is 0.0791. The summed E-state index contributed by atoms with van der Waals surface area (Å²) in [7, 11) is 1.84. The van der Waals surface area contributed by atoms with E-state index in [4.69, 9.17) is 0 Å². The Labute approximate surface area is 162 Å². The average molecular weight is 373 g/mol. The number of benzene rings is 2. The summed E-state index contributed by atoms with van der Waals surface area (Å²) >= 11 is 1.45. The number of rotatable bonds is 4. The largest absolute Gasteiger partial charge is 0.337 e. The van der Waals surface area contributed by atoms with Crippen LogP contribution in [0.3, 0.4) is 0 Å². The Hall–Kier alpha value is -3.05. The van der Waals surface area contributed by atoms with Gasteiger partial charge < -0.3 is 4.90 Å². The minimum absolute atomic E-state index is 0.00878. The fourth-order valence-electron chi connectivity index (χ4n) is 3.19. The summed E-state index contributed by atoms with van der Waals surface area (Å²) in [4.78, 5) is 24.4. The SMILES string of the molecule is Cc1nc(-c2ccccc2)c(C(=O)N(C)Cc2cccc3cnccc23)s1. The molecule has 27 heavy (non-hydrogen) atoms. The fourth-order valence-corrected chi connectivity index (χ4v) is 4.13. The van der Waals surface area contributed by atoms with Crippen molar-refractivity contribution in [1.29, 1.82) is 0 Å². The van der Waals surface area contributed by atoms with Crippen molar-refractivity contribution in [2.45, 2.75) is 13.5 Å². The molecule has 5 heteroatoms. The van der Waals surface area contributed by atoms with Crippen LogP contribution in [0.4, 0.5) is 0 Å². The summed E-state index contributed by atoms with van der Waals surface area (Å²) < 4.78 is 0. The Morgan fingerprint density at radius 2 is 1.89 bits per heavy atom. The standard InChI is InChI=1S/C22H19N3OS/c1-15-24-20(16-7-4-3-5-8-16)21(27-15)22(26)25(2)14-18-10-6-9-17-13-23-12-11-19(17)18/h3-13H,14H2,1-2H3. The van der Waals surface area contributed by atoms with Crippen molar-refractivity contribution in [3.8, 4) is 11.3 Å². The molecule has 2 aromatic carbocycles. The van der Waals surface area contributed by atoms with Gasteiger partial charge in [0.2, 0.25) is 0 Å². The molecule has 2 heterocycles. The number of hydrogen-bond donors (Lipinski definition) is 0. The minimum Gasteiger partial charge on any atom is -0.337 e. The van der Waals surface area contributed by atoms with Gasteiger partial charge >= 0.3 is 0 Å². The first-order valence-electron chi connectivity index (χ1n) is 8.73. The predicted octanol–water partition coefficient (Wildman–Crippen LogP) is 4.94. The molecule has 1 amide bonds. The number of carbonyl (C=O) groups excluding carboxylic acids is 1. The number of nitrogens with zero attached hydrogens (tertiary/aromatic N) is 3. The van der Waals surface area contributed by atoms with Crippen LogP contribution >= 0.6 is 11.3 Å². The number of aryl methyl sites for hydroxylation is 1. The van der Waals surface area contributed by atoms with E-state index in [0.717, 1.165) is 32.6 Å². The number of hydrogen-bond acceptors (Lipinski definition) is 4. The third-order valence-corrected chi connectivity index (χ3v) is 5.46. The van der Waals surface area contributed by atoms with Gasteiger partial charge in [0.25, 0.3) is 5.91 Å². The molecule has 0 radical (unpaired) electrons.